The molecular weight excluding hydrogens is 263 g/mol. The largest absolute Gasteiger partial charge is 0.313 e. The van der Waals surface area contributed by atoms with E-state index in [-0.39, 0.29) is 12.1 Å². The molecule has 0 aliphatic rings. The Labute approximate surface area is 92.5 Å². The highest BCUT2D eigenvalue weighted by atomic mass is 32.2. The maximum Gasteiger partial charge on any atom is 0.313 e. The summed E-state index contributed by atoms with van der Waals surface area (Å²) in [4.78, 5) is 16.9. The van der Waals surface area contributed by atoms with E-state index < -0.39 is 42.1 Å². The summed E-state index contributed by atoms with van der Waals surface area (Å²) < 4.78 is 43.1. The van der Waals surface area contributed by atoms with Gasteiger partial charge >= 0.3 is 11.4 Å². The number of nitrogens with zero attached hydrogens (tertiary/aromatic N) is 2. The van der Waals surface area contributed by atoms with E-state index >= 15 is 0 Å². The first kappa shape index (κ1) is 12.9. The summed E-state index contributed by atoms with van der Waals surface area (Å²) in [6.45, 7) is 0. The van der Waals surface area contributed by atoms with Gasteiger partial charge in [0.05, 0.1) is 9.85 Å². The summed E-state index contributed by atoms with van der Waals surface area (Å²) in [5.41, 5.74) is -2.82. The molecule has 0 fully saturated rings. The van der Waals surface area contributed by atoms with Crippen LogP contribution in [0.1, 0.15) is 0 Å². The first-order chi connectivity index (χ1) is 7.64. The van der Waals surface area contributed by atoms with Crippen LogP contribution in [0.15, 0.2) is 17.0 Å². The summed E-state index contributed by atoms with van der Waals surface area (Å²) >= 11 is 0. The summed E-state index contributed by atoms with van der Waals surface area (Å²) in [6, 6.07) is 0.384. The number of hydrogen-bond donors (Lipinski definition) is 1. The van der Waals surface area contributed by atoms with Gasteiger partial charge in [0.2, 0.25) is 0 Å². The SMILES string of the molecule is O=[N+]([O-])c1cc(S(=O)(=O)O)cc([N+](=O)[O-])c1F. The maximum atomic E-state index is 13.2. The second-order valence-electron chi connectivity index (χ2n) is 2.76. The predicted octanol–water partition coefficient (Wildman–Crippen LogP) is 0.889. The Morgan fingerprint density at radius 3 is 1.71 bits per heavy atom. The fourth-order valence-electron chi connectivity index (χ4n) is 0.984. The zero-order valence-corrected chi connectivity index (χ0v) is 8.55. The Morgan fingerprint density at radius 2 is 1.47 bits per heavy atom. The van der Waals surface area contributed by atoms with Gasteiger partial charge in [0.1, 0.15) is 4.90 Å². The van der Waals surface area contributed by atoms with Crippen molar-refractivity contribution >= 4 is 21.5 Å². The smallest absolute Gasteiger partial charge is 0.282 e. The number of hydrogen-bond acceptors (Lipinski definition) is 6. The molecule has 0 heterocycles. The summed E-state index contributed by atoms with van der Waals surface area (Å²) in [6.07, 6.45) is 0. The fraction of sp³-hybridized carbons (Fsp3) is 0. The molecule has 11 heteroatoms. The highest BCUT2D eigenvalue weighted by Crippen LogP contribution is 2.30. The maximum absolute atomic E-state index is 13.2. The molecule has 0 spiro atoms. The predicted molar refractivity (Wildman–Crippen MR) is 49.5 cm³/mol. The van der Waals surface area contributed by atoms with Crippen molar-refractivity contribution in [2.45, 2.75) is 4.90 Å². The second kappa shape index (κ2) is 4.03. The number of nitro groups is 2. The lowest BCUT2D eigenvalue weighted by atomic mass is 10.2. The first-order valence-electron chi connectivity index (χ1n) is 3.74. The quantitative estimate of drug-likeness (QED) is 0.486. The molecule has 1 rings (SSSR count). The number of nitro benzene ring substituents is 2. The van der Waals surface area contributed by atoms with E-state index in [2.05, 4.69) is 0 Å². The molecule has 0 bridgehead atoms. The molecule has 1 aromatic rings. The molecule has 92 valence electrons. The van der Waals surface area contributed by atoms with E-state index in [1.165, 1.54) is 0 Å². The minimum absolute atomic E-state index is 0.192. The van der Waals surface area contributed by atoms with Gasteiger partial charge < -0.3 is 0 Å². The van der Waals surface area contributed by atoms with Crippen LogP contribution in [-0.2, 0) is 10.1 Å². The van der Waals surface area contributed by atoms with Gasteiger partial charge in [0, 0.05) is 12.1 Å². The number of benzene rings is 1. The van der Waals surface area contributed by atoms with Gasteiger partial charge in [-0.15, -0.1) is 0 Å². The van der Waals surface area contributed by atoms with E-state index in [1.807, 2.05) is 0 Å². The highest BCUT2D eigenvalue weighted by Gasteiger charge is 2.30. The van der Waals surface area contributed by atoms with E-state index in [0.29, 0.717) is 0 Å². The second-order valence-corrected chi connectivity index (χ2v) is 4.19. The molecule has 0 saturated carbocycles. The van der Waals surface area contributed by atoms with Gasteiger partial charge in [-0.2, -0.15) is 12.8 Å². The van der Waals surface area contributed by atoms with Crippen LogP contribution < -0.4 is 0 Å². The third kappa shape index (κ3) is 2.51. The number of rotatable bonds is 3. The van der Waals surface area contributed by atoms with Crippen molar-refractivity contribution in [2.75, 3.05) is 0 Å². The van der Waals surface area contributed by atoms with Crippen LogP contribution in [0.5, 0.6) is 0 Å². The van der Waals surface area contributed by atoms with Crippen molar-refractivity contribution in [1.29, 1.82) is 0 Å². The Morgan fingerprint density at radius 1 is 1.12 bits per heavy atom. The van der Waals surface area contributed by atoms with Gasteiger partial charge in [0.25, 0.3) is 15.9 Å². The molecule has 1 aromatic carbocycles. The lowest BCUT2D eigenvalue weighted by Gasteiger charge is -1.99. The van der Waals surface area contributed by atoms with Gasteiger partial charge in [-0.3, -0.25) is 24.8 Å². The normalized spacial score (nSPS) is 11.2. The lowest BCUT2D eigenvalue weighted by Crippen LogP contribution is -2.04. The molecule has 0 amide bonds. The molecule has 0 radical (unpaired) electrons. The Balaban J connectivity index is 3.71. The van der Waals surface area contributed by atoms with Crippen LogP contribution >= 0.6 is 0 Å². The van der Waals surface area contributed by atoms with Crippen LogP contribution in [0.4, 0.5) is 15.8 Å². The molecule has 0 aliphatic heterocycles. The van der Waals surface area contributed by atoms with Crippen molar-refractivity contribution < 1.29 is 27.2 Å². The highest BCUT2D eigenvalue weighted by molar-refractivity contribution is 7.85. The summed E-state index contributed by atoms with van der Waals surface area (Å²) in [5, 5.41) is 20.7. The van der Waals surface area contributed by atoms with Gasteiger partial charge in [-0.05, 0) is 0 Å². The van der Waals surface area contributed by atoms with Gasteiger partial charge in [0.15, 0.2) is 0 Å². The Kier molecular flexibility index (Phi) is 3.06. The first-order valence-corrected chi connectivity index (χ1v) is 5.18. The summed E-state index contributed by atoms with van der Waals surface area (Å²) in [5.74, 6) is -1.78. The standard InChI is InChI=1S/C6H3FN2O7S/c7-6-4(8(10)11)1-3(17(14,15)16)2-5(6)9(12)13/h1-2H,(H,14,15,16). The third-order valence-corrected chi connectivity index (χ3v) is 2.53. The van der Waals surface area contributed by atoms with E-state index in [9.17, 15) is 33.0 Å². The molecular formula is C6H3FN2O7S. The van der Waals surface area contributed by atoms with Crippen LogP contribution in [0, 0.1) is 26.0 Å². The van der Waals surface area contributed by atoms with Gasteiger partial charge in [-0.25, -0.2) is 0 Å². The molecule has 0 unspecified atom stereocenters. The minimum Gasteiger partial charge on any atom is -0.282 e. The zero-order chi connectivity index (χ0) is 13.4. The fourth-order valence-corrected chi connectivity index (χ4v) is 1.50. The molecule has 9 nitrogen and oxygen atoms in total. The van der Waals surface area contributed by atoms with Gasteiger partial charge in [-0.1, -0.05) is 0 Å². The van der Waals surface area contributed by atoms with Crippen molar-refractivity contribution in [3.63, 3.8) is 0 Å². The van der Waals surface area contributed by atoms with Crippen molar-refractivity contribution in [1.82, 2.24) is 0 Å². The van der Waals surface area contributed by atoms with Crippen LogP contribution in [0.3, 0.4) is 0 Å². The zero-order valence-electron chi connectivity index (χ0n) is 7.73. The topological polar surface area (TPSA) is 141 Å². The van der Waals surface area contributed by atoms with E-state index in [0.717, 1.165) is 0 Å². The number of halogens is 1. The van der Waals surface area contributed by atoms with Crippen LogP contribution in [0.25, 0.3) is 0 Å². The van der Waals surface area contributed by atoms with E-state index in [4.69, 9.17) is 4.55 Å². The van der Waals surface area contributed by atoms with E-state index in [1.54, 1.807) is 0 Å². The Hall–Kier alpha value is -2.14. The average molecular weight is 266 g/mol. The molecule has 0 atom stereocenters. The average Bonchev–Trinajstić information content (AvgIpc) is 2.14. The molecule has 0 aromatic heterocycles. The monoisotopic (exact) mass is 266 g/mol. The van der Waals surface area contributed by atoms with Crippen molar-refractivity contribution in [2.24, 2.45) is 0 Å². The van der Waals surface area contributed by atoms with Crippen LogP contribution in [0.2, 0.25) is 0 Å². The molecule has 1 N–H and O–H groups in total. The summed E-state index contributed by atoms with van der Waals surface area (Å²) in [7, 11) is -4.91. The molecule has 0 aliphatic carbocycles. The van der Waals surface area contributed by atoms with Crippen molar-refractivity contribution in [3.8, 4) is 0 Å². The minimum atomic E-state index is -4.91. The Bertz CT molecular complexity index is 576. The van der Waals surface area contributed by atoms with Crippen LogP contribution in [-0.4, -0.2) is 22.8 Å². The third-order valence-electron chi connectivity index (χ3n) is 1.70. The molecule has 0 saturated heterocycles. The molecule has 17 heavy (non-hydrogen) atoms. The van der Waals surface area contributed by atoms with Crippen molar-refractivity contribution in [3.05, 3.63) is 38.2 Å². The lowest BCUT2D eigenvalue weighted by molar-refractivity contribution is -0.399.